The summed E-state index contributed by atoms with van der Waals surface area (Å²) in [7, 11) is 1.80. The first kappa shape index (κ1) is 12.6. The Kier molecular flexibility index (Phi) is 4.92. The van der Waals surface area contributed by atoms with E-state index in [0.717, 1.165) is 11.1 Å². The summed E-state index contributed by atoms with van der Waals surface area (Å²) >= 11 is 0. The summed E-state index contributed by atoms with van der Waals surface area (Å²) in [5.74, 6) is -1.05. The molecule has 1 aromatic rings. The number of aliphatic carboxylic acids is 1. The molecule has 3 nitrogen and oxygen atoms in total. The zero-order valence-corrected chi connectivity index (χ0v) is 9.29. The van der Waals surface area contributed by atoms with Crippen LogP contribution in [0.3, 0.4) is 0 Å². The number of carboxylic acid groups (broad SMARTS) is 1. The van der Waals surface area contributed by atoms with Crippen LogP contribution in [0, 0.1) is 5.82 Å². The van der Waals surface area contributed by atoms with Crippen LogP contribution >= 0.6 is 0 Å². The lowest BCUT2D eigenvalue weighted by atomic mass is 10.0. The van der Waals surface area contributed by atoms with Crippen LogP contribution in [0.5, 0.6) is 0 Å². The second-order valence-corrected chi connectivity index (χ2v) is 3.69. The molecule has 0 heterocycles. The molecule has 1 rings (SSSR count). The molecule has 0 atom stereocenters. The predicted octanol–water partition coefficient (Wildman–Crippen LogP) is 1.95. The van der Waals surface area contributed by atoms with Gasteiger partial charge in [-0.2, -0.15) is 0 Å². The van der Waals surface area contributed by atoms with Gasteiger partial charge in [0.25, 0.3) is 0 Å². The second kappa shape index (κ2) is 6.23. The van der Waals surface area contributed by atoms with Crippen molar-refractivity contribution in [3.63, 3.8) is 0 Å². The van der Waals surface area contributed by atoms with Gasteiger partial charge in [0, 0.05) is 13.0 Å². The van der Waals surface area contributed by atoms with Crippen LogP contribution < -0.4 is 5.32 Å². The molecule has 88 valence electrons. The van der Waals surface area contributed by atoms with Crippen LogP contribution in [0.15, 0.2) is 18.2 Å². The molecule has 4 heteroatoms. The highest BCUT2D eigenvalue weighted by atomic mass is 19.1. The summed E-state index contributed by atoms with van der Waals surface area (Å²) in [5.41, 5.74) is 1.91. The van der Waals surface area contributed by atoms with Gasteiger partial charge in [0.1, 0.15) is 5.82 Å². The molecule has 0 aliphatic carbocycles. The maximum absolute atomic E-state index is 13.0. The van der Waals surface area contributed by atoms with Crippen LogP contribution in [0.2, 0.25) is 0 Å². The first-order valence-corrected chi connectivity index (χ1v) is 5.27. The highest BCUT2D eigenvalue weighted by Gasteiger charge is 2.05. The first-order valence-electron chi connectivity index (χ1n) is 5.27. The summed E-state index contributed by atoms with van der Waals surface area (Å²) in [5, 5.41) is 11.5. The largest absolute Gasteiger partial charge is 0.481 e. The Balaban J connectivity index is 2.66. The van der Waals surface area contributed by atoms with Crippen molar-refractivity contribution in [3.8, 4) is 0 Å². The second-order valence-electron chi connectivity index (χ2n) is 3.69. The minimum Gasteiger partial charge on any atom is -0.481 e. The predicted molar refractivity (Wildman–Crippen MR) is 59.7 cm³/mol. The molecule has 0 saturated heterocycles. The third kappa shape index (κ3) is 3.98. The topological polar surface area (TPSA) is 49.3 Å². The lowest BCUT2D eigenvalue weighted by Crippen LogP contribution is -2.08. The molecule has 0 aliphatic rings. The Morgan fingerprint density at radius 3 is 2.81 bits per heavy atom. The third-order valence-corrected chi connectivity index (χ3v) is 2.37. The zero-order chi connectivity index (χ0) is 12.0. The van der Waals surface area contributed by atoms with E-state index in [0.29, 0.717) is 19.4 Å². The standard InChI is InChI=1S/C12H16FNO2/c1-14-8-10-7-11(13)6-5-9(10)3-2-4-12(15)16/h5-7,14H,2-4,8H2,1H3,(H,15,16). The van der Waals surface area contributed by atoms with Crippen molar-refractivity contribution in [2.75, 3.05) is 7.05 Å². The fourth-order valence-corrected chi connectivity index (χ4v) is 1.62. The van der Waals surface area contributed by atoms with E-state index in [4.69, 9.17) is 5.11 Å². The van der Waals surface area contributed by atoms with E-state index in [9.17, 15) is 9.18 Å². The highest BCUT2D eigenvalue weighted by molar-refractivity contribution is 5.66. The van der Waals surface area contributed by atoms with Crippen LogP contribution in [0.4, 0.5) is 4.39 Å². The summed E-state index contributed by atoms with van der Waals surface area (Å²) in [4.78, 5) is 10.4. The highest BCUT2D eigenvalue weighted by Crippen LogP contribution is 2.14. The minimum absolute atomic E-state index is 0.149. The average Bonchev–Trinajstić information content (AvgIpc) is 2.21. The fourth-order valence-electron chi connectivity index (χ4n) is 1.62. The molecule has 1 aromatic carbocycles. The van der Waals surface area contributed by atoms with Gasteiger partial charge in [0.2, 0.25) is 0 Å². The molecule has 0 aliphatic heterocycles. The smallest absolute Gasteiger partial charge is 0.303 e. The number of hydrogen-bond acceptors (Lipinski definition) is 2. The van der Waals surface area contributed by atoms with E-state index in [1.807, 2.05) is 0 Å². The monoisotopic (exact) mass is 225 g/mol. The van der Waals surface area contributed by atoms with Gasteiger partial charge in [-0.1, -0.05) is 6.07 Å². The van der Waals surface area contributed by atoms with Crippen LogP contribution in [0.1, 0.15) is 24.0 Å². The molecular formula is C12H16FNO2. The molecule has 0 amide bonds. The van der Waals surface area contributed by atoms with Gasteiger partial charge in [-0.15, -0.1) is 0 Å². The van der Waals surface area contributed by atoms with E-state index in [-0.39, 0.29) is 12.2 Å². The van der Waals surface area contributed by atoms with E-state index in [1.54, 1.807) is 13.1 Å². The molecule has 0 saturated carbocycles. The first-order chi connectivity index (χ1) is 7.63. The lowest BCUT2D eigenvalue weighted by Gasteiger charge is -2.08. The van der Waals surface area contributed by atoms with E-state index in [1.165, 1.54) is 12.1 Å². The maximum Gasteiger partial charge on any atom is 0.303 e. The van der Waals surface area contributed by atoms with Gasteiger partial charge in [0.05, 0.1) is 0 Å². The van der Waals surface area contributed by atoms with Crippen LogP contribution in [-0.4, -0.2) is 18.1 Å². The number of aryl methyl sites for hydroxylation is 1. The number of benzene rings is 1. The molecule has 0 unspecified atom stereocenters. The summed E-state index contributed by atoms with van der Waals surface area (Å²) in [6.07, 6.45) is 1.40. The van der Waals surface area contributed by atoms with Gasteiger partial charge in [-0.05, 0) is 43.1 Å². The Morgan fingerprint density at radius 1 is 1.44 bits per heavy atom. The van der Waals surface area contributed by atoms with Crippen molar-refractivity contribution in [2.24, 2.45) is 0 Å². The summed E-state index contributed by atoms with van der Waals surface area (Å²) in [6.45, 7) is 0.597. The minimum atomic E-state index is -0.794. The van der Waals surface area contributed by atoms with Gasteiger partial charge in [-0.25, -0.2) is 4.39 Å². The fraction of sp³-hybridized carbons (Fsp3) is 0.417. The van der Waals surface area contributed by atoms with E-state index < -0.39 is 5.97 Å². The zero-order valence-electron chi connectivity index (χ0n) is 9.29. The molecule has 0 bridgehead atoms. The van der Waals surface area contributed by atoms with Gasteiger partial charge < -0.3 is 10.4 Å². The quantitative estimate of drug-likeness (QED) is 0.778. The van der Waals surface area contributed by atoms with Gasteiger partial charge in [-0.3, -0.25) is 4.79 Å². The Bertz CT molecular complexity index is 366. The normalized spacial score (nSPS) is 10.4. The van der Waals surface area contributed by atoms with Gasteiger partial charge in [0.15, 0.2) is 0 Å². The number of halogens is 1. The molecule has 0 radical (unpaired) electrons. The van der Waals surface area contributed by atoms with Crippen molar-refractivity contribution in [1.82, 2.24) is 5.32 Å². The summed E-state index contributed by atoms with van der Waals surface area (Å²) in [6, 6.07) is 4.63. The molecule has 16 heavy (non-hydrogen) atoms. The molecular weight excluding hydrogens is 209 g/mol. The van der Waals surface area contributed by atoms with Crippen molar-refractivity contribution < 1.29 is 14.3 Å². The Labute approximate surface area is 94.3 Å². The number of hydrogen-bond donors (Lipinski definition) is 2. The SMILES string of the molecule is CNCc1cc(F)ccc1CCCC(=O)O. The van der Waals surface area contributed by atoms with Gasteiger partial charge >= 0.3 is 5.97 Å². The number of carboxylic acids is 1. The third-order valence-electron chi connectivity index (χ3n) is 2.37. The number of rotatable bonds is 6. The maximum atomic E-state index is 13.0. The Morgan fingerprint density at radius 2 is 2.19 bits per heavy atom. The van der Waals surface area contributed by atoms with Crippen LogP contribution in [0.25, 0.3) is 0 Å². The number of nitrogens with one attached hydrogen (secondary N) is 1. The van der Waals surface area contributed by atoms with Crippen molar-refractivity contribution in [1.29, 1.82) is 0 Å². The van der Waals surface area contributed by atoms with Crippen molar-refractivity contribution >= 4 is 5.97 Å². The Hall–Kier alpha value is -1.42. The molecule has 0 aromatic heterocycles. The number of carbonyl (C=O) groups is 1. The van der Waals surface area contributed by atoms with Crippen molar-refractivity contribution in [2.45, 2.75) is 25.8 Å². The molecule has 0 fully saturated rings. The molecule has 0 spiro atoms. The van der Waals surface area contributed by atoms with E-state index in [2.05, 4.69) is 5.32 Å². The summed E-state index contributed by atoms with van der Waals surface area (Å²) < 4.78 is 13.0. The van der Waals surface area contributed by atoms with E-state index >= 15 is 0 Å². The van der Waals surface area contributed by atoms with Crippen molar-refractivity contribution in [3.05, 3.63) is 35.1 Å². The average molecular weight is 225 g/mol. The lowest BCUT2D eigenvalue weighted by molar-refractivity contribution is -0.137. The molecule has 2 N–H and O–H groups in total. The van der Waals surface area contributed by atoms with Crippen LogP contribution in [-0.2, 0) is 17.8 Å².